The number of allylic oxidation sites excluding steroid dienone is 2. The van der Waals surface area contributed by atoms with Gasteiger partial charge >= 0.3 is 0 Å². The van der Waals surface area contributed by atoms with Crippen LogP contribution in [-0.2, 0) is 9.59 Å². The van der Waals surface area contributed by atoms with Crippen LogP contribution in [0.5, 0.6) is 11.5 Å². The molecular weight excluding hydrogens is 320 g/mol. The molecule has 1 aliphatic heterocycles. The largest absolute Gasteiger partial charge is 0.504 e. The maximum atomic E-state index is 12.8. The normalized spacial score (nSPS) is 37.6. The Morgan fingerprint density at radius 1 is 1.16 bits per heavy atom. The molecule has 1 heterocycles. The van der Waals surface area contributed by atoms with Gasteiger partial charge in [-0.2, -0.15) is 10.1 Å². The highest BCUT2D eigenvalue weighted by molar-refractivity contribution is 6.06. The van der Waals surface area contributed by atoms with Crippen molar-refractivity contribution in [3.05, 3.63) is 35.9 Å². The van der Waals surface area contributed by atoms with E-state index in [-0.39, 0.29) is 41.2 Å². The molecule has 6 heteroatoms. The van der Waals surface area contributed by atoms with Crippen LogP contribution < -0.4 is 4.74 Å². The minimum absolute atomic E-state index is 0.0286. The van der Waals surface area contributed by atoms with Gasteiger partial charge in [-0.3, -0.25) is 9.59 Å². The van der Waals surface area contributed by atoms with Crippen LogP contribution in [0.2, 0.25) is 0 Å². The number of carbonyl (C=O) groups excluding carboxylic acids is 2. The van der Waals surface area contributed by atoms with Gasteiger partial charge in [0.2, 0.25) is 0 Å². The molecule has 0 spiro atoms. The molecule has 1 aromatic carbocycles. The van der Waals surface area contributed by atoms with Gasteiger partial charge in [0, 0.05) is 0 Å². The quantitative estimate of drug-likeness (QED) is 0.518. The number of aromatic hydroxyl groups is 1. The predicted molar refractivity (Wildman–Crippen MR) is 88.8 cm³/mol. The maximum absolute atomic E-state index is 12.8. The summed E-state index contributed by atoms with van der Waals surface area (Å²) in [6, 6.07) is 4.75. The van der Waals surface area contributed by atoms with Crippen LogP contribution in [0.15, 0.2) is 35.5 Å². The lowest BCUT2D eigenvalue weighted by molar-refractivity contribution is -0.140. The molecule has 0 radical (unpaired) electrons. The number of phenols is 1. The maximum Gasteiger partial charge on any atom is 0.254 e. The lowest BCUT2D eigenvalue weighted by atomic mass is 9.63. The number of nitrogens with zero attached hydrogens (tertiary/aromatic N) is 2. The summed E-state index contributed by atoms with van der Waals surface area (Å²) >= 11 is 0. The summed E-state index contributed by atoms with van der Waals surface area (Å²) in [6.45, 7) is 0. The predicted octanol–water partition coefficient (Wildman–Crippen LogP) is 1.79. The summed E-state index contributed by atoms with van der Waals surface area (Å²) in [5.41, 5.74) is 0.647. The third-order valence-corrected chi connectivity index (χ3v) is 6.17. The van der Waals surface area contributed by atoms with E-state index in [9.17, 15) is 14.7 Å². The molecule has 128 valence electrons. The van der Waals surface area contributed by atoms with Crippen LogP contribution in [0.4, 0.5) is 0 Å². The number of phenolic OH excluding ortho intramolecular Hbond substituents is 1. The number of methoxy groups -OCH3 is 1. The van der Waals surface area contributed by atoms with E-state index in [0.717, 1.165) is 11.4 Å². The van der Waals surface area contributed by atoms with Gasteiger partial charge in [-0.15, -0.1) is 0 Å². The molecule has 2 amide bonds. The topological polar surface area (TPSA) is 79.2 Å². The van der Waals surface area contributed by atoms with Gasteiger partial charge in [0.25, 0.3) is 11.8 Å². The lowest BCUT2D eigenvalue weighted by Crippen LogP contribution is -2.40. The summed E-state index contributed by atoms with van der Waals surface area (Å²) in [4.78, 5) is 25.6. The Balaban J connectivity index is 1.42. The summed E-state index contributed by atoms with van der Waals surface area (Å²) in [5.74, 6) is 1.08. The van der Waals surface area contributed by atoms with E-state index < -0.39 is 0 Å². The first-order chi connectivity index (χ1) is 12.1. The monoisotopic (exact) mass is 338 g/mol. The van der Waals surface area contributed by atoms with E-state index in [2.05, 4.69) is 17.3 Å². The lowest BCUT2D eigenvalue weighted by Gasteiger charge is -2.37. The molecule has 1 N–H and O–H groups in total. The van der Waals surface area contributed by atoms with Gasteiger partial charge in [-0.25, -0.2) is 0 Å². The smallest absolute Gasteiger partial charge is 0.254 e. The molecule has 0 unspecified atom stereocenters. The fourth-order valence-corrected chi connectivity index (χ4v) is 4.95. The van der Waals surface area contributed by atoms with Gasteiger partial charge in [-0.1, -0.05) is 12.2 Å². The number of ether oxygens (including phenoxy) is 1. The average molecular weight is 338 g/mol. The Hall–Kier alpha value is -2.63. The number of imide groups is 1. The van der Waals surface area contributed by atoms with Crippen molar-refractivity contribution in [3.63, 3.8) is 0 Å². The standard InChI is InChI=1S/C19H18N2O4/c1-25-15-6-9(2-5-14(15)22)8-20-21-18(23)16-10-3-4-11(13-7-12(10)13)17(16)19(21)24/h2-6,8,10-13,16-17,22H,7H2,1H3/b20-8-/t10-,11-,12-,13+,16+,17+/m0/s1. The van der Waals surface area contributed by atoms with Crippen molar-refractivity contribution in [2.75, 3.05) is 7.11 Å². The van der Waals surface area contributed by atoms with Crippen molar-refractivity contribution >= 4 is 18.0 Å². The van der Waals surface area contributed by atoms with Crippen LogP contribution in [0.1, 0.15) is 12.0 Å². The highest BCUT2D eigenvalue weighted by atomic mass is 16.5. The second-order valence-electron chi connectivity index (χ2n) is 7.32. The molecule has 6 rings (SSSR count). The minimum atomic E-state index is -0.238. The van der Waals surface area contributed by atoms with Crippen molar-refractivity contribution in [2.45, 2.75) is 6.42 Å². The van der Waals surface area contributed by atoms with Crippen molar-refractivity contribution in [3.8, 4) is 11.5 Å². The molecular formula is C19H18N2O4. The second kappa shape index (κ2) is 4.94. The molecule has 2 bridgehead atoms. The number of hydrazone groups is 1. The number of amides is 2. The van der Waals surface area contributed by atoms with Crippen molar-refractivity contribution < 1.29 is 19.4 Å². The number of carbonyl (C=O) groups is 2. The molecule has 6 atom stereocenters. The first kappa shape index (κ1) is 14.7. The van der Waals surface area contributed by atoms with Crippen LogP contribution in [0.3, 0.4) is 0 Å². The first-order valence-corrected chi connectivity index (χ1v) is 8.57. The molecule has 3 fully saturated rings. The molecule has 6 nitrogen and oxygen atoms in total. The van der Waals surface area contributed by atoms with Gasteiger partial charge < -0.3 is 9.84 Å². The number of rotatable bonds is 3. The summed E-state index contributed by atoms with van der Waals surface area (Å²) < 4.78 is 5.06. The third-order valence-electron chi connectivity index (χ3n) is 6.17. The van der Waals surface area contributed by atoms with Gasteiger partial charge in [-0.05, 0) is 53.9 Å². The Morgan fingerprint density at radius 2 is 1.80 bits per heavy atom. The molecule has 2 saturated carbocycles. The summed E-state index contributed by atoms with van der Waals surface area (Å²) in [5, 5.41) is 14.9. The van der Waals surface area contributed by atoms with Crippen molar-refractivity contribution in [2.24, 2.45) is 40.6 Å². The zero-order chi connectivity index (χ0) is 17.3. The van der Waals surface area contributed by atoms with Crippen molar-refractivity contribution in [1.82, 2.24) is 5.01 Å². The Bertz CT molecular complexity index is 810. The van der Waals surface area contributed by atoms with Gasteiger partial charge in [0.1, 0.15) is 0 Å². The fraction of sp³-hybridized carbons (Fsp3) is 0.421. The van der Waals surface area contributed by atoms with E-state index in [1.807, 2.05) is 0 Å². The Kier molecular flexibility index (Phi) is 2.90. The van der Waals surface area contributed by atoms with E-state index in [1.165, 1.54) is 19.4 Å². The molecule has 0 aromatic heterocycles. The number of benzene rings is 1. The highest BCUT2D eigenvalue weighted by Gasteiger charge is 2.67. The molecule has 1 aromatic rings. The van der Waals surface area contributed by atoms with E-state index in [1.54, 1.807) is 12.1 Å². The second-order valence-corrected chi connectivity index (χ2v) is 7.32. The highest BCUT2D eigenvalue weighted by Crippen LogP contribution is 2.65. The molecule has 1 saturated heterocycles. The fourth-order valence-electron chi connectivity index (χ4n) is 4.95. The summed E-state index contributed by atoms with van der Waals surface area (Å²) in [6.07, 6.45) is 6.89. The van der Waals surface area contributed by atoms with Crippen LogP contribution >= 0.6 is 0 Å². The Labute approximate surface area is 144 Å². The van der Waals surface area contributed by atoms with Gasteiger partial charge in [0.15, 0.2) is 11.5 Å². The molecule has 4 aliphatic carbocycles. The molecule has 25 heavy (non-hydrogen) atoms. The van der Waals surface area contributed by atoms with Crippen molar-refractivity contribution in [1.29, 1.82) is 0 Å². The van der Waals surface area contributed by atoms with Gasteiger partial charge in [0.05, 0.1) is 25.2 Å². The Morgan fingerprint density at radius 3 is 2.40 bits per heavy atom. The number of hydrogen-bond acceptors (Lipinski definition) is 5. The van der Waals surface area contributed by atoms with E-state index in [4.69, 9.17) is 4.74 Å². The SMILES string of the molecule is COc1cc(/C=N\N2C(=O)[C@@H]3[C@H]4C=C[C@@H]([C@@H]5C[C@H]45)[C@H]3C2=O)ccc1O. The van der Waals surface area contributed by atoms with Crippen LogP contribution in [0.25, 0.3) is 0 Å². The zero-order valence-corrected chi connectivity index (χ0v) is 13.7. The third kappa shape index (κ3) is 1.94. The van der Waals surface area contributed by atoms with E-state index in [0.29, 0.717) is 23.1 Å². The minimum Gasteiger partial charge on any atom is -0.504 e. The van der Waals surface area contributed by atoms with E-state index >= 15 is 0 Å². The molecule has 5 aliphatic rings. The summed E-state index contributed by atoms with van der Waals surface area (Å²) in [7, 11) is 1.46. The number of hydrogen-bond donors (Lipinski definition) is 1. The van der Waals surface area contributed by atoms with Crippen LogP contribution in [-0.4, -0.2) is 35.3 Å². The zero-order valence-electron chi connectivity index (χ0n) is 13.7. The van der Waals surface area contributed by atoms with Crippen LogP contribution in [0, 0.1) is 35.5 Å². The first-order valence-electron chi connectivity index (χ1n) is 8.57. The average Bonchev–Trinajstić information content (AvgIpc) is 3.40.